The number of nitrogens with zero attached hydrogens (tertiary/aromatic N) is 3. The summed E-state index contributed by atoms with van der Waals surface area (Å²) in [6.45, 7) is 4.95. The SMILES string of the molecule is CC(C)n1cnc2c1CN(S(=O)(=O)c1ccc(Cl)s1)CC2. The Morgan fingerprint density at radius 1 is 1.38 bits per heavy atom. The Hall–Kier alpha value is -0.890. The highest BCUT2D eigenvalue weighted by atomic mass is 35.5. The number of imidazole rings is 1. The fourth-order valence-corrected chi connectivity index (χ4v) is 5.54. The van der Waals surface area contributed by atoms with Crippen LogP contribution in [0.15, 0.2) is 22.7 Å². The van der Waals surface area contributed by atoms with E-state index >= 15 is 0 Å². The van der Waals surface area contributed by atoms with E-state index in [0.29, 0.717) is 28.1 Å². The van der Waals surface area contributed by atoms with Crippen molar-refractivity contribution in [3.63, 3.8) is 0 Å². The van der Waals surface area contributed by atoms with Crippen LogP contribution in [0.2, 0.25) is 4.34 Å². The molecule has 0 unspecified atom stereocenters. The van der Waals surface area contributed by atoms with Crippen LogP contribution in [0, 0.1) is 0 Å². The first-order valence-corrected chi connectivity index (χ1v) is 9.33. The highest BCUT2D eigenvalue weighted by Gasteiger charge is 2.31. The smallest absolute Gasteiger partial charge is 0.252 e. The predicted molar refractivity (Wildman–Crippen MR) is 83.2 cm³/mol. The number of sulfonamides is 1. The summed E-state index contributed by atoms with van der Waals surface area (Å²) in [5.74, 6) is 0. The van der Waals surface area contributed by atoms with Gasteiger partial charge in [-0.3, -0.25) is 0 Å². The average Bonchev–Trinajstić information content (AvgIpc) is 3.03. The predicted octanol–water partition coefficient (Wildman–Crippen LogP) is 2.93. The standard InChI is InChI=1S/C13H16ClN3O2S2/c1-9(2)17-8-15-10-5-6-16(7-11(10)17)21(18,19)13-4-3-12(14)20-13/h3-4,8-9H,5-7H2,1-2H3. The molecule has 1 aliphatic rings. The van der Waals surface area contributed by atoms with E-state index in [4.69, 9.17) is 11.6 Å². The van der Waals surface area contributed by atoms with Crippen molar-refractivity contribution in [3.8, 4) is 0 Å². The van der Waals surface area contributed by atoms with E-state index in [2.05, 4.69) is 18.8 Å². The van der Waals surface area contributed by atoms with E-state index < -0.39 is 10.0 Å². The normalized spacial score (nSPS) is 16.4. The van der Waals surface area contributed by atoms with Gasteiger partial charge in [0.2, 0.25) is 0 Å². The molecule has 8 heteroatoms. The molecule has 5 nitrogen and oxygen atoms in total. The van der Waals surface area contributed by atoms with Gasteiger partial charge >= 0.3 is 0 Å². The molecule has 0 radical (unpaired) electrons. The molecule has 0 spiro atoms. The number of hydrogen-bond acceptors (Lipinski definition) is 4. The van der Waals surface area contributed by atoms with Gasteiger partial charge in [-0.05, 0) is 26.0 Å². The van der Waals surface area contributed by atoms with Gasteiger partial charge in [0.15, 0.2) is 0 Å². The second-order valence-electron chi connectivity index (χ2n) is 5.29. The summed E-state index contributed by atoms with van der Waals surface area (Å²) in [6, 6.07) is 3.45. The molecule has 3 heterocycles. The van der Waals surface area contributed by atoms with E-state index in [1.807, 2.05) is 4.57 Å². The summed E-state index contributed by atoms with van der Waals surface area (Å²) in [4.78, 5) is 4.39. The number of fused-ring (bicyclic) bond motifs is 1. The second-order valence-corrected chi connectivity index (χ2v) is 9.17. The zero-order valence-corrected chi connectivity index (χ0v) is 14.2. The largest absolute Gasteiger partial charge is 0.331 e. The lowest BCUT2D eigenvalue weighted by molar-refractivity contribution is 0.373. The fourth-order valence-electron chi connectivity index (χ4n) is 2.50. The summed E-state index contributed by atoms with van der Waals surface area (Å²) in [7, 11) is -3.48. The maximum absolute atomic E-state index is 12.7. The third-order valence-electron chi connectivity index (χ3n) is 3.61. The minimum Gasteiger partial charge on any atom is -0.331 e. The van der Waals surface area contributed by atoms with Crippen LogP contribution in [0.25, 0.3) is 0 Å². The van der Waals surface area contributed by atoms with Gasteiger partial charge in [0.25, 0.3) is 10.0 Å². The Balaban J connectivity index is 1.94. The van der Waals surface area contributed by atoms with Crippen molar-refractivity contribution in [2.45, 2.75) is 37.1 Å². The Kier molecular flexibility index (Phi) is 3.85. The van der Waals surface area contributed by atoms with Crippen molar-refractivity contribution in [1.29, 1.82) is 0 Å². The van der Waals surface area contributed by atoms with Crippen LogP contribution < -0.4 is 0 Å². The van der Waals surface area contributed by atoms with Gasteiger partial charge in [-0.25, -0.2) is 13.4 Å². The van der Waals surface area contributed by atoms with Crippen LogP contribution in [0.1, 0.15) is 31.3 Å². The Bertz CT molecular complexity index is 764. The first kappa shape index (κ1) is 15.0. The first-order chi connectivity index (χ1) is 9.89. The highest BCUT2D eigenvalue weighted by Crippen LogP contribution is 2.31. The molecular formula is C13H16ClN3O2S2. The summed E-state index contributed by atoms with van der Waals surface area (Å²) >= 11 is 6.95. The second kappa shape index (κ2) is 5.39. The molecule has 0 atom stereocenters. The molecule has 0 aliphatic carbocycles. The van der Waals surface area contributed by atoms with E-state index in [-0.39, 0.29) is 6.04 Å². The molecule has 2 aromatic heterocycles. The number of rotatable bonds is 3. The molecule has 0 saturated heterocycles. The molecule has 0 amide bonds. The lowest BCUT2D eigenvalue weighted by Gasteiger charge is -2.27. The van der Waals surface area contributed by atoms with E-state index in [1.165, 1.54) is 4.31 Å². The van der Waals surface area contributed by atoms with Crippen molar-refractivity contribution >= 4 is 33.0 Å². The Morgan fingerprint density at radius 3 is 2.76 bits per heavy atom. The Morgan fingerprint density at radius 2 is 2.14 bits per heavy atom. The molecule has 0 bridgehead atoms. The van der Waals surface area contributed by atoms with Crippen LogP contribution in [-0.4, -0.2) is 28.8 Å². The first-order valence-electron chi connectivity index (χ1n) is 6.69. The molecule has 2 aromatic rings. The van der Waals surface area contributed by atoms with Crippen LogP contribution in [0.4, 0.5) is 0 Å². The summed E-state index contributed by atoms with van der Waals surface area (Å²) in [5, 5.41) is 0. The van der Waals surface area contributed by atoms with Crippen molar-refractivity contribution in [3.05, 3.63) is 34.2 Å². The minimum atomic E-state index is -3.48. The molecule has 114 valence electrons. The molecule has 21 heavy (non-hydrogen) atoms. The lowest BCUT2D eigenvalue weighted by atomic mass is 10.2. The maximum Gasteiger partial charge on any atom is 0.252 e. The van der Waals surface area contributed by atoms with Gasteiger partial charge < -0.3 is 4.57 Å². The molecule has 0 fully saturated rings. The monoisotopic (exact) mass is 345 g/mol. The number of halogens is 1. The van der Waals surface area contributed by atoms with Crippen LogP contribution in [-0.2, 0) is 23.0 Å². The third kappa shape index (κ3) is 2.63. The molecule has 0 aromatic carbocycles. The summed E-state index contributed by atoms with van der Waals surface area (Å²) < 4.78 is 29.7. The molecular weight excluding hydrogens is 330 g/mol. The number of hydrogen-bond donors (Lipinski definition) is 0. The zero-order chi connectivity index (χ0) is 15.2. The van der Waals surface area contributed by atoms with Gasteiger partial charge in [0.05, 0.1) is 28.6 Å². The molecule has 0 saturated carbocycles. The summed E-state index contributed by atoms with van der Waals surface area (Å²) in [6.07, 6.45) is 2.45. The highest BCUT2D eigenvalue weighted by molar-refractivity contribution is 7.91. The maximum atomic E-state index is 12.7. The number of thiophene rings is 1. The van der Waals surface area contributed by atoms with Crippen molar-refractivity contribution < 1.29 is 8.42 Å². The lowest BCUT2D eigenvalue weighted by Crippen LogP contribution is -2.36. The van der Waals surface area contributed by atoms with Gasteiger partial charge in [0, 0.05) is 19.0 Å². The quantitative estimate of drug-likeness (QED) is 0.859. The van der Waals surface area contributed by atoms with Gasteiger partial charge in [0.1, 0.15) is 4.21 Å². The minimum absolute atomic E-state index is 0.264. The van der Waals surface area contributed by atoms with E-state index in [9.17, 15) is 8.42 Å². The summed E-state index contributed by atoms with van der Waals surface area (Å²) in [5.41, 5.74) is 1.99. The fraction of sp³-hybridized carbons (Fsp3) is 0.462. The number of aromatic nitrogens is 2. The van der Waals surface area contributed by atoms with E-state index in [0.717, 1.165) is 22.7 Å². The Labute approximate surface area is 133 Å². The van der Waals surface area contributed by atoms with Crippen molar-refractivity contribution in [2.24, 2.45) is 0 Å². The van der Waals surface area contributed by atoms with Gasteiger partial charge in [-0.2, -0.15) is 4.31 Å². The van der Waals surface area contributed by atoms with Crippen molar-refractivity contribution in [2.75, 3.05) is 6.54 Å². The van der Waals surface area contributed by atoms with Crippen LogP contribution in [0.3, 0.4) is 0 Å². The molecule has 1 aliphatic heterocycles. The molecule has 0 N–H and O–H groups in total. The third-order valence-corrected chi connectivity index (χ3v) is 7.15. The van der Waals surface area contributed by atoms with Crippen LogP contribution >= 0.6 is 22.9 Å². The van der Waals surface area contributed by atoms with Gasteiger partial charge in [-0.1, -0.05) is 11.6 Å². The topological polar surface area (TPSA) is 55.2 Å². The molecule has 3 rings (SSSR count). The average molecular weight is 346 g/mol. The zero-order valence-electron chi connectivity index (χ0n) is 11.8. The van der Waals surface area contributed by atoms with Crippen molar-refractivity contribution in [1.82, 2.24) is 13.9 Å². The van der Waals surface area contributed by atoms with Gasteiger partial charge in [-0.15, -0.1) is 11.3 Å². The van der Waals surface area contributed by atoms with E-state index in [1.54, 1.807) is 18.5 Å². The van der Waals surface area contributed by atoms with Crippen LogP contribution in [0.5, 0.6) is 0 Å².